The molecule has 0 aliphatic heterocycles. The second-order valence-electron chi connectivity index (χ2n) is 2.80. The predicted molar refractivity (Wildman–Crippen MR) is 53.1 cm³/mol. The summed E-state index contributed by atoms with van der Waals surface area (Å²) in [6.45, 7) is 1.78. The Balaban J connectivity index is 2.83. The molecule has 0 unspecified atom stereocenters. The monoisotopic (exact) mass is 244 g/mol. The summed E-state index contributed by atoms with van der Waals surface area (Å²) >= 11 is 3.15. The number of carbonyl (C=O) groups is 1. The van der Waals surface area contributed by atoms with Gasteiger partial charge in [0.15, 0.2) is 0 Å². The molecule has 0 fully saturated rings. The van der Waals surface area contributed by atoms with E-state index in [1.54, 1.807) is 19.1 Å². The SMILES string of the molecule is CCC(=O)Cc1ccc(Br)cc1F. The molecule has 0 bridgehead atoms. The number of hydrogen-bond donors (Lipinski definition) is 0. The van der Waals surface area contributed by atoms with Gasteiger partial charge in [0, 0.05) is 17.3 Å². The van der Waals surface area contributed by atoms with E-state index in [0.717, 1.165) is 0 Å². The maximum absolute atomic E-state index is 13.2. The predicted octanol–water partition coefficient (Wildman–Crippen LogP) is 3.11. The molecule has 0 heterocycles. The van der Waals surface area contributed by atoms with Crippen molar-refractivity contribution in [2.75, 3.05) is 0 Å². The fraction of sp³-hybridized carbons (Fsp3) is 0.300. The van der Waals surface area contributed by atoms with Crippen molar-refractivity contribution in [2.24, 2.45) is 0 Å². The van der Waals surface area contributed by atoms with Crippen LogP contribution in [0.4, 0.5) is 4.39 Å². The van der Waals surface area contributed by atoms with Crippen LogP contribution in [0.25, 0.3) is 0 Å². The summed E-state index contributed by atoms with van der Waals surface area (Å²) in [5, 5.41) is 0. The van der Waals surface area contributed by atoms with Crippen LogP contribution in [0.2, 0.25) is 0 Å². The molecule has 0 radical (unpaired) electrons. The third-order valence-corrected chi connectivity index (χ3v) is 2.29. The maximum atomic E-state index is 13.2. The highest BCUT2D eigenvalue weighted by atomic mass is 79.9. The number of hydrogen-bond acceptors (Lipinski definition) is 1. The van der Waals surface area contributed by atoms with Crippen molar-refractivity contribution in [1.29, 1.82) is 0 Å². The second kappa shape index (κ2) is 4.51. The van der Waals surface area contributed by atoms with Gasteiger partial charge in [-0.3, -0.25) is 4.79 Å². The number of rotatable bonds is 3. The molecular formula is C10H10BrFO. The van der Waals surface area contributed by atoms with Crippen molar-refractivity contribution in [3.05, 3.63) is 34.1 Å². The number of Topliss-reactive ketones (excluding diaryl/α,β-unsaturated/α-hetero) is 1. The molecule has 0 N–H and O–H groups in total. The largest absolute Gasteiger partial charge is 0.299 e. The van der Waals surface area contributed by atoms with Crippen molar-refractivity contribution in [3.63, 3.8) is 0 Å². The number of benzene rings is 1. The molecule has 0 aromatic heterocycles. The minimum Gasteiger partial charge on any atom is -0.299 e. The van der Waals surface area contributed by atoms with Gasteiger partial charge < -0.3 is 0 Å². The highest BCUT2D eigenvalue weighted by Crippen LogP contribution is 2.16. The maximum Gasteiger partial charge on any atom is 0.137 e. The highest BCUT2D eigenvalue weighted by molar-refractivity contribution is 9.10. The standard InChI is InChI=1S/C10H10BrFO/c1-2-9(13)5-7-3-4-8(11)6-10(7)12/h3-4,6H,2,5H2,1H3. The van der Waals surface area contributed by atoms with Crippen molar-refractivity contribution < 1.29 is 9.18 Å². The highest BCUT2D eigenvalue weighted by Gasteiger charge is 2.06. The summed E-state index contributed by atoms with van der Waals surface area (Å²) in [6, 6.07) is 4.74. The molecule has 13 heavy (non-hydrogen) atoms. The lowest BCUT2D eigenvalue weighted by Crippen LogP contribution is -2.02. The molecule has 70 valence electrons. The lowest BCUT2D eigenvalue weighted by atomic mass is 10.1. The summed E-state index contributed by atoms with van der Waals surface area (Å²) in [7, 11) is 0. The summed E-state index contributed by atoms with van der Waals surface area (Å²) in [5.74, 6) is -0.266. The quantitative estimate of drug-likeness (QED) is 0.799. The van der Waals surface area contributed by atoms with Gasteiger partial charge in [0.05, 0.1) is 0 Å². The van der Waals surface area contributed by atoms with Crippen molar-refractivity contribution >= 4 is 21.7 Å². The average molecular weight is 245 g/mol. The molecular weight excluding hydrogens is 235 g/mol. The first-order valence-corrected chi connectivity index (χ1v) is 4.88. The van der Waals surface area contributed by atoms with E-state index < -0.39 is 0 Å². The number of ketones is 1. The lowest BCUT2D eigenvalue weighted by molar-refractivity contribution is -0.118. The molecule has 1 aromatic carbocycles. The number of halogens is 2. The van der Waals surface area contributed by atoms with Gasteiger partial charge >= 0.3 is 0 Å². The first-order valence-electron chi connectivity index (χ1n) is 4.09. The molecule has 0 saturated carbocycles. The zero-order valence-corrected chi connectivity index (χ0v) is 8.90. The van der Waals surface area contributed by atoms with Gasteiger partial charge in [-0.2, -0.15) is 0 Å². The van der Waals surface area contributed by atoms with E-state index in [2.05, 4.69) is 15.9 Å². The van der Waals surface area contributed by atoms with Crippen LogP contribution in [0.3, 0.4) is 0 Å². The van der Waals surface area contributed by atoms with Gasteiger partial charge in [0.1, 0.15) is 11.6 Å². The topological polar surface area (TPSA) is 17.1 Å². The molecule has 0 atom stereocenters. The van der Waals surface area contributed by atoms with Gasteiger partial charge in [-0.25, -0.2) is 4.39 Å². The van der Waals surface area contributed by atoms with Gasteiger partial charge in [-0.05, 0) is 17.7 Å². The zero-order chi connectivity index (χ0) is 9.84. The van der Waals surface area contributed by atoms with Crippen LogP contribution in [0.1, 0.15) is 18.9 Å². The van der Waals surface area contributed by atoms with Gasteiger partial charge in [0.2, 0.25) is 0 Å². The van der Waals surface area contributed by atoms with Gasteiger partial charge in [-0.15, -0.1) is 0 Å². The Morgan fingerprint density at radius 2 is 2.23 bits per heavy atom. The Morgan fingerprint density at radius 1 is 1.54 bits per heavy atom. The minimum atomic E-state index is -0.323. The fourth-order valence-corrected chi connectivity index (χ4v) is 1.34. The van der Waals surface area contributed by atoms with E-state index in [9.17, 15) is 9.18 Å². The Bertz CT molecular complexity index is 323. The molecule has 0 aliphatic rings. The van der Waals surface area contributed by atoms with E-state index in [1.807, 2.05) is 0 Å². The van der Waals surface area contributed by atoms with Crippen LogP contribution >= 0.6 is 15.9 Å². The normalized spacial score (nSPS) is 10.1. The number of carbonyl (C=O) groups excluding carboxylic acids is 1. The summed E-state index contributed by atoms with van der Waals surface area (Å²) < 4.78 is 13.9. The minimum absolute atomic E-state index is 0.0567. The van der Waals surface area contributed by atoms with E-state index in [-0.39, 0.29) is 18.0 Å². The second-order valence-corrected chi connectivity index (χ2v) is 3.72. The summed E-state index contributed by atoms with van der Waals surface area (Å²) in [5.41, 5.74) is 0.468. The van der Waals surface area contributed by atoms with Crippen molar-refractivity contribution in [1.82, 2.24) is 0 Å². The van der Waals surface area contributed by atoms with Crippen LogP contribution in [-0.2, 0) is 11.2 Å². The summed E-state index contributed by atoms with van der Waals surface area (Å²) in [6.07, 6.45) is 0.644. The van der Waals surface area contributed by atoms with Crippen LogP contribution < -0.4 is 0 Å². The van der Waals surface area contributed by atoms with Crippen molar-refractivity contribution in [2.45, 2.75) is 19.8 Å². The first kappa shape index (κ1) is 10.4. The van der Waals surface area contributed by atoms with E-state index >= 15 is 0 Å². The van der Waals surface area contributed by atoms with Crippen LogP contribution in [0, 0.1) is 5.82 Å². The van der Waals surface area contributed by atoms with Crippen LogP contribution in [-0.4, -0.2) is 5.78 Å². The van der Waals surface area contributed by atoms with E-state index in [0.29, 0.717) is 16.5 Å². The molecule has 0 saturated heterocycles. The van der Waals surface area contributed by atoms with Crippen LogP contribution in [0.5, 0.6) is 0 Å². The summed E-state index contributed by atoms with van der Waals surface area (Å²) in [4.78, 5) is 11.0. The Hall–Kier alpha value is -0.700. The smallest absolute Gasteiger partial charge is 0.137 e. The van der Waals surface area contributed by atoms with E-state index in [4.69, 9.17) is 0 Å². The Kier molecular flexibility index (Phi) is 3.60. The van der Waals surface area contributed by atoms with Gasteiger partial charge in [-0.1, -0.05) is 28.9 Å². The molecule has 0 aliphatic carbocycles. The molecule has 1 aromatic rings. The molecule has 1 nitrogen and oxygen atoms in total. The Labute approximate surface area is 85.1 Å². The first-order chi connectivity index (χ1) is 6.13. The Morgan fingerprint density at radius 3 is 2.77 bits per heavy atom. The fourth-order valence-electron chi connectivity index (χ4n) is 1.00. The van der Waals surface area contributed by atoms with Gasteiger partial charge in [0.25, 0.3) is 0 Å². The average Bonchev–Trinajstić information content (AvgIpc) is 2.09. The lowest BCUT2D eigenvalue weighted by Gasteiger charge is -2.01. The van der Waals surface area contributed by atoms with Crippen molar-refractivity contribution in [3.8, 4) is 0 Å². The van der Waals surface area contributed by atoms with E-state index in [1.165, 1.54) is 6.07 Å². The molecule has 0 amide bonds. The third kappa shape index (κ3) is 2.92. The molecule has 3 heteroatoms. The molecule has 1 rings (SSSR count). The third-order valence-electron chi connectivity index (χ3n) is 1.80. The molecule has 0 spiro atoms. The van der Waals surface area contributed by atoms with Crippen LogP contribution in [0.15, 0.2) is 22.7 Å². The zero-order valence-electron chi connectivity index (χ0n) is 7.31.